The monoisotopic (exact) mass is 265 g/mol. The summed E-state index contributed by atoms with van der Waals surface area (Å²) in [5, 5.41) is 3.79. The third-order valence-electron chi connectivity index (χ3n) is 2.62. The zero-order valence-electron chi connectivity index (χ0n) is 10.4. The first-order valence-electron chi connectivity index (χ1n) is 5.91. The van der Waals surface area contributed by atoms with Gasteiger partial charge in [0, 0.05) is 30.9 Å². The van der Waals surface area contributed by atoms with E-state index < -0.39 is 0 Å². The molecule has 2 N–H and O–H groups in total. The zero-order valence-corrected chi connectivity index (χ0v) is 11.2. The van der Waals surface area contributed by atoms with Gasteiger partial charge in [-0.25, -0.2) is 15.0 Å². The van der Waals surface area contributed by atoms with Crippen molar-refractivity contribution in [1.82, 2.24) is 19.9 Å². The van der Waals surface area contributed by atoms with Crippen LogP contribution in [0.2, 0.25) is 5.15 Å². The summed E-state index contributed by atoms with van der Waals surface area (Å²) in [4.78, 5) is 15.5. The van der Waals surface area contributed by atoms with Crippen molar-refractivity contribution in [1.29, 1.82) is 0 Å². The highest BCUT2D eigenvalue weighted by atomic mass is 35.5. The number of hydrogen-bond donors (Lipinski definition) is 2. The summed E-state index contributed by atoms with van der Waals surface area (Å²) < 4.78 is 0. The molecule has 0 saturated heterocycles. The van der Waals surface area contributed by atoms with Crippen molar-refractivity contribution in [2.75, 3.05) is 11.9 Å². The Hall–Kier alpha value is -1.62. The molecule has 0 amide bonds. The van der Waals surface area contributed by atoms with E-state index in [0.29, 0.717) is 5.15 Å². The second-order valence-electron chi connectivity index (χ2n) is 4.29. The quantitative estimate of drug-likeness (QED) is 0.816. The van der Waals surface area contributed by atoms with Crippen LogP contribution in [0.4, 0.5) is 5.82 Å². The smallest absolute Gasteiger partial charge is 0.138 e. The summed E-state index contributed by atoms with van der Waals surface area (Å²) in [7, 11) is 0. The van der Waals surface area contributed by atoms with Crippen LogP contribution < -0.4 is 5.32 Å². The zero-order chi connectivity index (χ0) is 13.0. The van der Waals surface area contributed by atoms with Crippen LogP contribution in [0.3, 0.4) is 0 Å². The van der Waals surface area contributed by atoms with Crippen LogP contribution in [0.25, 0.3) is 0 Å². The van der Waals surface area contributed by atoms with Crippen LogP contribution >= 0.6 is 11.6 Å². The maximum Gasteiger partial charge on any atom is 0.138 e. The molecule has 0 fully saturated rings. The van der Waals surface area contributed by atoms with Crippen molar-refractivity contribution in [3.05, 3.63) is 35.3 Å². The molecule has 5 nitrogen and oxygen atoms in total. The normalized spacial score (nSPS) is 10.9. The minimum Gasteiger partial charge on any atom is -0.369 e. The SMILES string of the molecule is CC(C)c1c(Cl)ncnc1NCCc1ncc[nH]1. The average Bonchev–Trinajstić information content (AvgIpc) is 2.81. The number of anilines is 1. The molecule has 0 spiro atoms. The van der Waals surface area contributed by atoms with Gasteiger partial charge >= 0.3 is 0 Å². The molecule has 2 aromatic heterocycles. The number of rotatable bonds is 5. The van der Waals surface area contributed by atoms with Gasteiger partial charge in [-0.1, -0.05) is 25.4 Å². The first-order valence-corrected chi connectivity index (χ1v) is 6.28. The topological polar surface area (TPSA) is 66.5 Å². The fraction of sp³-hybridized carbons (Fsp3) is 0.417. The lowest BCUT2D eigenvalue weighted by atomic mass is 10.1. The van der Waals surface area contributed by atoms with Gasteiger partial charge in [0.2, 0.25) is 0 Å². The Morgan fingerprint density at radius 3 is 2.83 bits per heavy atom. The number of imidazole rings is 1. The van der Waals surface area contributed by atoms with E-state index in [1.807, 2.05) is 6.20 Å². The van der Waals surface area contributed by atoms with Gasteiger partial charge in [0.25, 0.3) is 0 Å². The molecule has 0 radical (unpaired) electrons. The minimum absolute atomic E-state index is 0.282. The molecule has 2 aromatic rings. The molecule has 0 atom stereocenters. The van der Waals surface area contributed by atoms with Gasteiger partial charge < -0.3 is 10.3 Å². The van der Waals surface area contributed by atoms with Crippen LogP contribution in [0.15, 0.2) is 18.7 Å². The molecule has 0 aliphatic carbocycles. The van der Waals surface area contributed by atoms with Crippen LogP contribution in [-0.2, 0) is 6.42 Å². The van der Waals surface area contributed by atoms with Gasteiger partial charge in [-0.15, -0.1) is 0 Å². The highest BCUT2D eigenvalue weighted by Gasteiger charge is 2.13. The maximum atomic E-state index is 6.09. The molecule has 6 heteroatoms. The first-order chi connectivity index (χ1) is 8.68. The fourth-order valence-corrected chi connectivity index (χ4v) is 2.11. The van der Waals surface area contributed by atoms with E-state index in [1.54, 1.807) is 6.20 Å². The molecule has 0 unspecified atom stereocenters. The lowest BCUT2D eigenvalue weighted by Crippen LogP contribution is -2.10. The molecule has 0 aliphatic heterocycles. The van der Waals surface area contributed by atoms with Crippen LogP contribution in [-0.4, -0.2) is 26.5 Å². The molecular formula is C12H16ClN5. The van der Waals surface area contributed by atoms with Crippen molar-refractivity contribution in [3.63, 3.8) is 0 Å². The van der Waals surface area contributed by atoms with Crippen molar-refractivity contribution < 1.29 is 0 Å². The average molecular weight is 266 g/mol. The number of halogens is 1. The van der Waals surface area contributed by atoms with Crippen molar-refractivity contribution in [2.45, 2.75) is 26.2 Å². The summed E-state index contributed by atoms with van der Waals surface area (Å²) >= 11 is 6.09. The second kappa shape index (κ2) is 5.82. The molecule has 0 saturated carbocycles. The lowest BCUT2D eigenvalue weighted by Gasteiger charge is -2.13. The summed E-state index contributed by atoms with van der Waals surface area (Å²) in [6.45, 7) is 4.89. The van der Waals surface area contributed by atoms with Gasteiger partial charge in [0.05, 0.1) is 0 Å². The Labute approximate surface area is 111 Å². The molecule has 0 aliphatic rings. The molecule has 0 aromatic carbocycles. The number of aromatic nitrogens is 4. The minimum atomic E-state index is 0.282. The van der Waals surface area contributed by atoms with E-state index in [1.165, 1.54) is 6.33 Å². The van der Waals surface area contributed by atoms with Crippen molar-refractivity contribution >= 4 is 17.4 Å². The van der Waals surface area contributed by atoms with Crippen molar-refractivity contribution in [2.24, 2.45) is 0 Å². The summed E-state index contributed by atoms with van der Waals surface area (Å²) in [6, 6.07) is 0. The number of aromatic amines is 1. The Bertz CT molecular complexity index is 495. The van der Waals surface area contributed by atoms with E-state index in [2.05, 4.69) is 39.1 Å². The summed E-state index contributed by atoms with van der Waals surface area (Å²) in [6.07, 6.45) is 5.85. The maximum absolute atomic E-state index is 6.09. The van der Waals surface area contributed by atoms with Gasteiger partial charge in [0.1, 0.15) is 23.1 Å². The van der Waals surface area contributed by atoms with Gasteiger partial charge in [-0.3, -0.25) is 0 Å². The van der Waals surface area contributed by atoms with E-state index in [0.717, 1.165) is 30.2 Å². The highest BCUT2D eigenvalue weighted by molar-refractivity contribution is 6.30. The number of nitrogens with zero attached hydrogens (tertiary/aromatic N) is 3. The highest BCUT2D eigenvalue weighted by Crippen LogP contribution is 2.27. The fourth-order valence-electron chi connectivity index (χ4n) is 1.76. The number of nitrogens with one attached hydrogen (secondary N) is 2. The van der Waals surface area contributed by atoms with Crippen LogP contribution in [0.5, 0.6) is 0 Å². The number of H-pyrrole nitrogens is 1. The molecule has 96 valence electrons. The predicted octanol–water partition coefficient (Wildman–Crippen LogP) is 2.63. The molecule has 0 bridgehead atoms. The lowest BCUT2D eigenvalue weighted by molar-refractivity contribution is 0.839. The predicted molar refractivity (Wildman–Crippen MR) is 71.9 cm³/mol. The first kappa shape index (κ1) is 12.8. The Morgan fingerprint density at radius 1 is 1.33 bits per heavy atom. The van der Waals surface area contributed by atoms with Crippen molar-refractivity contribution in [3.8, 4) is 0 Å². The summed E-state index contributed by atoms with van der Waals surface area (Å²) in [5.41, 5.74) is 0.957. The number of hydrogen-bond acceptors (Lipinski definition) is 4. The van der Waals surface area contributed by atoms with Gasteiger partial charge in [-0.2, -0.15) is 0 Å². The Balaban J connectivity index is 2.03. The second-order valence-corrected chi connectivity index (χ2v) is 4.65. The van der Waals surface area contributed by atoms with E-state index in [9.17, 15) is 0 Å². The summed E-state index contributed by atoms with van der Waals surface area (Å²) in [5.74, 6) is 2.04. The van der Waals surface area contributed by atoms with Gasteiger partial charge in [0.15, 0.2) is 0 Å². The Kier molecular flexibility index (Phi) is 4.15. The van der Waals surface area contributed by atoms with E-state index in [-0.39, 0.29) is 5.92 Å². The molecule has 2 rings (SSSR count). The standard InChI is InChI=1S/C12H16ClN5/c1-8(2)10-11(13)17-7-18-12(10)16-4-3-9-14-5-6-15-9/h5-8H,3-4H2,1-2H3,(H,14,15)(H,16,17,18). The van der Waals surface area contributed by atoms with Gasteiger partial charge in [-0.05, 0) is 5.92 Å². The third kappa shape index (κ3) is 2.98. The molecular weight excluding hydrogens is 250 g/mol. The Morgan fingerprint density at radius 2 is 2.17 bits per heavy atom. The largest absolute Gasteiger partial charge is 0.369 e. The van der Waals surface area contributed by atoms with E-state index in [4.69, 9.17) is 11.6 Å². The van der Waals surface area contributed by atoms with E-state index >= 15 is 0 Å². The third-order valence-corrected chi connectivity index (χ3v) is 2.92. The van der Waals surface area contributed by atoms with Crippen LogP contribution in [0, 0.1) is 0 Å². The molecule has 18 heavy (non-hydrogen) atoms. The van der Waals surface area contributed by atoms with Crippen LogP contribution in [0.1, 0.15) is 31.2 Å². The molecule has 2 heterocycles.